The van der Waals surface area contributed by atoms with E-state index in [1.54, 1.807) is 16.0 Å². The third kappa shape index (κ3) is 3.59. The number of benzene rings is 2. The Kier molecular flexibility index (Phi) is 5.03. The Balaban J connectivity index is 1.44. The van der Waals surface area contributed by atoms with E-state index < -0.39 is 0 Å². The van der Waals surface area contributed by atoms with Gasteiger partial charge in [0.15, 0.2) is 5.13 Å². The molecular weight excluding hydrogens is 394 g/mol. The van der Waals surface area contributed by atoms with Crippen molar-refractivity contribution >= 4 is 22.4 Å². The van der Waals surface area contributed by atoms with Gasteiger partial charge in [-0.05, 0) is 12.1 Å². The van der Waals surface area contributed by atoms with E-state index in [1.165, 1.54) is 0 Å². The monoisotopic (exact) mass is 415 g/mol. The Hall–Kier alpha value is -3.45. The van der Waals surface area contributed by atoms with Crippen molar-refractivity contribution in [3.63, 3.8) is 0 Å². The van der Waals surface area contributed by atoms with Gasteiger partial charge in [-0.2, -0.15) is 5.10 Å². The molecule has 0 unspecified atom stereocenters. The van der Waals surface area contributed by atoms with E-state index in [-0.39, 0.29) is 5.91 Å². The highest BCUT2D eigenvalue weighted by Gasteiger charge is 2.27. The summed E-state index contributed by atoms with van der Waals surface area (Å²) in [5.74, 6) is 0.0230. The number of amides is 1. The standard InChI is InChI=1S/C23H21N5OS/c29-22(26-12-14-27(15-13-26)23-24-11-16-30-23)20-17-28(19-9-5-2-6-10-19)25-21(20)18-7-3-1-4-8-18/h1-11,16-17H,12-15H2. The summed E-state index contributed by atoms with van der Waals surface area (Å²) >= 11 is 1.63. The lowest BCUT2D eigenvalue weighted by Gasteiger charge is -2.34. The molecule has 4 aromatic rings. The number of carbonyl (C=O) groups excluding carboxylic acids is 1. The lowest BCUT2D eigenvalue weighted by molar-refractivity contribution is 0.0747. The summed E-state index contributed by atoms with van der Waals surface area (Å²) < 4.78 is 1.79. The van der Waals surface area contributed by atoms with Crippen LogP contribution in [0.2, 0.25) is 0 Å². The quantitative estimate of drug-likeness (QED) is 0.506. The van der Waals surface area contributed by atoms with E-state index in [9.17, 15) is 4.79 Å². The third-order valence-corrected chi connectivity index (χ3v) is 6.10. The van der Waals surface area contributed by atoms with Crippen molar-refractivity contribution in [2.45, 2.75) is 0 Å². The molecule has 1 aliphatic heterocycles. The van der Waals surface area contributed by atoms with E-state index in [0.29, 0.717) is 24.3 Å². The number of thiazole rings is 1. The zero-order valence-corrected chi connectivity index (χ0v) is 17.2. The normalized spacial score (nSPS) is 14.1. The fourth-order valence-electron chi connectivity index (χ4n) is 3.70. The summed E-state index contributed by atoms with van der Waals surface area (Å²) in [6.07, 6.45) is 3.68. The van der Waals surface area contributed by atoms with Crippen molar-refractivity contribution in [1.82, 2.24) is 19.7 Å². The van der Waals surface area contributed by atoms with Crippen LogP contribution in [0.3, 0.4) is 0 Å². The van der Waals surface area contributed by atoms with E-state index in [2.05, 4.69) is 9.88 Å². The highest BCUT2D eigenvalue weighted by molar-refractivity contribution is 7.13. The van der Waals surface area contributed by atoms with Gasteiger partial charge >= 0.3 is 0 Å². The van der Waals surface area contributed by atoms with Crippen LogP contribution in [-0.2, 0) is 0 Å². The topological polar surface area (TPSA) is 54.3 Å². The Bertz CT molecular complexity index is 1120. The molecule has 2 aromatic heterocycles. The van der Waals surface area contributed by atoms with E-state index >= 15 is 0 Å². The van der Waals surface area contributed by atoms with Crippen LogP contribution in [0, 0.1) is 0 Å². The average molecular weight is 416 g/mol. The fraction of sp³-hybridized carbons (Fsp3) is 0.174. The number of aromatic nitrogens is 3. The molecule has 0 bridgehead atoms. The van der Waals surface area contributed by atoms with Crippen LogP contribution in [0.15, 0.2) is 78.4 Å². The second kappa shape index (κ2) is 8.12. The van der Waals surface area contributed by atoms with Crippen molar-refractivity contribution in [2.24, 2.45) is 0 Å². The molecule has 2 aromatic carbocycles. The minimum atomic E-state index is 0.0230. The average Bonchev–Trinajstić information content (AvgIpc) is 3.51. The first-order valence-electron chi connectivity index (χ1n) is 9.94. The number of piperazine rings is 1. The first-order chi connectivity index (χ1) is 14.8. The Morgan fingerprint density at radius 3 is 2.27 bits per heavy atom. The van der Waals surface area contributed by atoms with Gasteiger partial charge in [-0.15, -0.1) is 11.3 Å². The van der Waals surface area contributed by atoms with E-state index in [0.717, 1.165) is 29.5 Å². The van der Waals surface area contributed by atoms with Crippen LogP contribution in [0.25, 0.3) is 16.9 Å². The molecule has 5 rings (SSSR count). The molecule has 30 heavy (non-hydrogen) atoms. The minimum Gasteiger partial charge on any atom is -0.345 e. The molecular formula is C23H21N5OS. The van der Waals surface area contributed by atoms with Gasteiger partial charge in [0.25, 0.3) is 5.91 Å². The zero-order chi connectivity index (χ0) is 20.3. The number of hydrogen-bond acceptors (Lipinski definition) is 5. The van der Waals surface area contributed by atoms with Crippen molar-refractivity contribution in [1.29, 1.82) is 0 Å². The molecule has 0 aliphatic carbocycles. The maximum Gasteiger partial charge on any atom is 0.257 e. The van der Waals surface area contributed by atoms with Crippen molar-refractivity contribution in [3.8, 4) is 16.9 Å². The molecule has 3 heterocycles. The molecule has 150 valence electrons. The predicted molar refractivity (Wildman–Crippen MR) is 119 cm³/mol. The molecule has 1 amide bonds. The molecule has 1 saturated heterocycles. The first kappa shape index (κ1) is 18.6. The Labute approximate surface area is 179 Å². The molecule has 0 spiro atoms. The third-order valence-electron chi connectivity index (χ3n) is 5.27. The van der Waals surface area contributed by atoms with E-state index in [4.69, 9.17) is 5.10 Å². The molecule has 0 atom stereocenters. The van der Waals surface area contributed by atoms with Gasteiger partial charge in [0.05, 0.1) is 11.3 Å². The Morgan fingerprint density at radius 1 is 0.900 bits per heavy atom. The molecule has 1 aliphatic rings. The molecule has 6 nitrogen and oxygen atoms in total. The van der Waals surface area contributed by atoms with Crippen LogP contribution in [-0.4, -0.2) is 51.8 Å². The van der Waals surface area contributed by atoms with Gasteiger partial charge in [0.2, 0.25) is 0 Å². The van der Waals surface area contributed by atoms with Crippen LogP contribution in [0.1, 0.15) is 10.4 Å². The van der Waals surface area contributed by atoms with Crippen molar-refractivity contribution < 1.29 is 4.79 Å². The second-order valence-electron chi connectivity index (χ2n) is 7.13. The highest BCUT2D eigenvalue weighted by atomic mass is 32.1. The van der Waals surface area contributed by atoms with Crippen LogP contribution in [0.5, 0.6) is 0 Å². The van der Waals surface area contributed by atoms with Crippen LogP contribution in [0.4, 0.5) is 5.13 Å². The maximum atomic E-state index is 13.5. The summed E-state index contributed by atoms with van der Waals surface area (Å²) in [4.78, 5) is 22.0. The number of hydrogen-bond donors (Lipinski definition) is 0. The van der Waals surface area contributed by atoms with E-state index in [1.807, 2.05) is 83.3 Å². The summed E-state index contributed by atoms with van der Waals surface area (Å²) in [5, 5.41) is 7.77. The maximum absolute atomic E-state index is 13.5. The summed E-state index contributed by atoms with van der Waals surface area (Å²) in [6.45, 7) is 2.91. The smallest absolute Gasteiger partial charge is 0.257 e. The van der Waals surface area contributed by atoms with Crippen molar-refractivity contribution in [2.75, 3.05) is 31.1 Å². The number of para-hydroxylation sites is 1. The number of anilines is 1. The molecule has 0 saturated carbocycles. The van der Waals surface area contributed by atoms with Crippen molar-refractivity contribution in [3.05, 3.63) is 84.0 Å². The van der Waals surface area contributed by atoms with Gasteiger partial charge in [0, 0.05) is 49.5 Å². The summed E-state index contributed by atoms with van der Waals surface area (Å²) in [5.41, 5.74) is 3.22. The molecule has 0 radical (unpaired) electrons. The lowest BCUT2D eigenvalue weighted by atomic mass is 10.1. The number of rotatable bonds is 4. The number of carbonyl (C=O) groups is 1. The SMILES string of the molecule is O=C(c1cn(-c2ccccc2)nc1-c1ccccc1)N1CCN(c2nccs2)CC1. The summed E-state index contributed by atoms with van der Waals surface area (Å²) in [7, 11) is 0. The highest BCUT2D eigenvalue weighted by Crippen LogP contribution is 2.26. The first-order valence-corrected chi connectivity index (χ1v) is 10.8. The van der Waals surface area contributed by atoms with Gasteiger partial charge < -0.3 is 9.80 Å². The van der Waals surface area contributed by atoms with Crippen LogP contribution < -0.4 is 4.90 Å². The van der Waals surface area contributed by atoms with Gasteiger partial charge in [0.1, 0.15) is 5.69 Å². The van der Waals surface area contributed by atoms with Crippen LogP contribution >= 0.6 is 11.3 Å². The second-order valence-corrected chi connectivity index (χ2v) is 8.00. The molecule has 1 fully saturated rings. The lowest BCUT2D eigenvalue weighted by Crippen LogP contribution is -2.48. The zero-order valence-electron chi connectivity index (χ0n) is 16.4. The Morgan fingerprint density at radius 2 is 1.60 bits per heavy atom. The largest absolute Gasteiger partial charge is 0.345 e. The summed E-state index contributed by atoms with van der Waals surface area (Å²) in [6, 6.07) is 19.8. The molecule has 0 N–H and O–H groups in total. The number of nitrogens with zero attached hydrogens (tertiary/aromatic N) is 5. The predicted octanol–water partition coefficient (Wildman–Crippen LogP) is 3.96. The van der Waals surface area contributed by atoms with Gasteiger partial charge in [-0.25, -0.2) is 9.67 Å². The molecule has 7 heteroatoms. The minimum absolute atomic E-state index is 0.0230. The van der Waals surface area contributed by atoms with Gasteiger partial charge in [-0.1, -0.05) is 48.5 Å². The fourth-order valence-corrected chi connectivity index (χ4v) is 4.39. The van der Waals surface area contributed by atoms with Gasteiger partial charge in [-0.3, -0.25) is 4.79 Å².